The van der Waals surface area contributed by atoms with Crippen LogP contribution >= 0.6 is 0 Å². The van der Waals surface area contributed by atoms with Gasteiger partial charge in [0.05, 0.1) is 6.54 Å². The normalized spacial score (nSPS) is 11.4. The zero-order valence-electron chi connectivity index (χ0n) is 11.6. The standard InChI is InChI=1S/C13H28N2O2/c1-4-5-6-7-8-9-15(12-13(16)17)11-10-14(2)3/h4-12H2,1-3H3,(H,16,17). The summed E-state index contributed by atoms with van der Waals surface area (Å²) in [6.45, 7) is 5.04. The Balaban J connectivity index is 3.72. The van der Waals surface area contributed by atoms with E-state index in [1.807, 2.05) is 19.0 Å². The molecule has 0 fully saturated rings. The molecule has 0 unspecified atom stereocenters. The van der Waals surface area contributed by atoms with Gasteiger partial charge in [0.15, 0.2) is 0 Å². The van der Waals surface area contributed by atoms with Gasteiger partial charge in [0.1, 0.15) is 0 Å². The second-order valence-corrected chi connectivity index (χ2v) is 4.89. The average Bonchev–Trinajstić information content (AvgIpc) is 2.24. The van der Waals surface area contributed by atoms with E-state index < -0.39 is 5.97 Å². The minimum Gasteiger partial charge on any atom is -0.480 e. The highest BCUT2D eigenvalue weighted by atomic mass is 16.4. The summed E-state index contributed by atoms with van der Waals surface area (Å²) >= 11 is 0. The van der Waals surface area contributed by atoms with E-state index in [1.54, 1.807) is 0 Å². The fourth-order valence-electron chi connectivity index (χ4n) is 1.74. The van der Waals surface area contributed by atoms with Crippen LogP contribution in [0.5, 0.6) is 0 Å². The fraction of sp³-hybridized carbons (Fsp3) is 0.923. The molecule has 0 rings (SSSR count). The van der Waals surface area contributed by atoms with Crippen LogP contribution < -0.4 is 0 Å². The van der Waals surface area contributed by atoms with Crippen molar-refractivity contribution < 1.29 is 9.90 Å². The maximum atomic E-state index is 10.7. The summed E-state index contributed by atoms with van der Waals surface area (Å²) in [5, 5.41) is 8.83. The number of carbonyl (C=O) groups is 1. The summed E-state index contributed by atoms with van der Waals surface area (Å²) in [5.41, 5.74) is 0. The van der Waals surface area contributed by atoms with Crippen molar-refractivity contribution in [2.45, 2.75) is 39.0 Å². The molecule has 0 saturated heterocycles. The highest BCUT2D eigenvalue weighted by molar-refractivity contribution is 5.69. The van der Waals surface area contributed by atoms with Gasteiger partial charge < -0.3 is 10.0 Å². The van der Waals surface area contributed by atoms with Gasteiger partial charge >= 0.3 is 5.97 Å². The molecule has 1 N–H and O–H groups in total. The topological polar surface area (TPSA) is 43.8 Å². The highest BCUT2D eigenvalue weighted by Crippen LogP contribution is 2.04. The molecule has 4 nitrogen and oxygen atoms in total. The van der Waals surface area contributed by atoms with E-state index in [0.29, 0.717) is 0 Å². The third-order valence-electron chi connectivity index (χ3n) is 2.80. The van der Waals surface area contributed by atoms with Gasteiger partial charge in [0.25, 0.3) is 0 Å². The summed E-state index contributed by atoms with van der Waals surface area (Å²) in [6.07, 6.45) is 6.13. The molecule has 0 radical (unpaired) electrons. The molecule has 0 atom stereocenters. The van der Waals surface area contributed by atoms with Crippen LogP contribution in [0, 0.1) is 0 Å². The lowest BCUT2D eigenvalue weighted by Gasteiger charge is -2.22. The molecule has 0 spiro atoms. The third-order valence-corrected chi connectivity index (χ3v) is 2.80. The Morgan fingerprint density at radius 1 is 1.00 bits per heavy atom. The van der Waals surface area contributed by atoms with Crippen molar-refractivity contribution in [3.63, 3.8) is 0 Å². The molecule has 0 bridgehead atoms. The van der Waals surface area contributed by atoms with Gasteiger partial charge in [-0.25, -0.2) is 0 Å². The van der Waals surface area contributed by atoms with E-state index in [9.17, 15) is 4.79 Å². The fourth-order valence-corrected chi connectivity index (χ4v) is 1.74. The molecule has 17 heavy (non-hydrogen) atoms. The first kappa shape index (κ1) is 16.4. The van der Waals surface area contributed by atoms with Crippen molar-refractivity contribution in [3.8, 4) is 0 Å². The Morgan fingerprint density at radius 3 is 2.18 bits per heavy atom. The first-order chi connectivity index (χ1) is 8.06. The lowest BCUT2D eigenvalue weighted by Crippen LogP contribution is -2.36. The summed E-state index contributed by atoms with van der Waals surface area (Å²) in [6, 6.07) is 0. The number of hydrogen-bond donors (Lipinski definition) is 1. The van der Waals surface area contributed by atoms with Crippen LogP contribution in [-0.2, 0) is 4.79 Å². The van der Waals surface area contributed by atoms with Crippen LogP contribution in [0.15, 0.2) is 0 Å². The van der Waals surface area contributed by atoms with E-state index in [2.05, 4.69) is 11.8 Å². The zero-order chi connectivity index (χ0) is 13.1. The molecule has 0 aromatic carbocycles. The highest BCUT2D eigenvalue weighted by Gasteiger charge is 2.09. The molecule has 0 aliphatic rings. The van der Waals surface area contributed by atoms with E-state index in [-0.39, 0.29) is 6.54 Å². The molecular formula is C13H28N2O2. The second-order valence-electron chi connectivity index (χ2n) is 4.89. The average molecular weight is 244 g/mol. The predicted octanol–water partition coefficient (Wildman–Crippen LogP) is 1.91. The Morgan fingerprint density at radius 2 is 1.65 bits per heavy atom. The molecule has 102 valence electrons. The van der Waals surface area contributed by atoms with Gasteiger partial charge in [-0.3, -0.25) is 9.69 Å². The van der Waals surface area contributed by atoms with E-state index in [0.717, 1.165) is 26.1 Å². The largest absolute Gasteiger partial charge is 0.480 e. The second kappa shape index (κ2) is 10.5. The van der Waals surface area contributed by atoms with Gasteiger partial charge in [-0.1, -0.05) is 32.6 Å². The van der Waals surface area contributed by atoms with E-state index in [4.69, 9.17) is 5.11 Å². The third kappa shape index (κ3) is 11.6. The molecule has 0 aromatic heterocycles. The molecule has 0 heterocycles. The van der Waals surface area contributed by atoms with Gasteiger partial charge in [-0.15, -0.1) is 0 Å². The van der Waals surface area contributed by atoms with Crippen molar-refractivity contribution in [1.29, 1.82) is 0 Å². The van der Waals surface area contributed by atoms with Crippen LogP contribution in [0.1, 0.15) is 39.0 Å². The minimum atomic E-state index is -0.725. The van der Waals surface area contributed by atoms with Crippen LogP contribution in [0.4, 0.5) is 0 Å². The SMILES string of the molecule is CCCCCCCN(CCN(C)C)CC(=O)O. The van der Waals surface area contributed by atoms with E-state index >= 15 is 0 Å². The number of hydrogen-bond acceptors (Lipinski definition) is 3. The van der Waals surface area contributed by atoms with Crippen molar-refractivity contribution in [2.24, 2.45) is 0 Å². The van der Waals surface area contributed by atoms with E-state index in [1.165, 1.54) is 25.7 Å². The van der Waals surface area contributed by atoms with Gasteiger partial charge in [0.2, 0.25) is 0 Å². The molecule has 0 amide bonds. The van der Waals surface area contributed by atoms with Crippen LogP contribution in [0.3, 0.4) is 0 Å². The number of carboxylic acids is 1. The zero-order valence-corrected chi connectivity index (χ0v) is 11.6. The number of carboxylic acid groups (broad SMARTS) is 1. The Hall–Kier alpha value is -0.610. The van der Waals surface area contributed by atoms with Crippen molar-refractivity contribution >= 4 is 5.97 Å². The Kier molecular flexibility index (Phi) is 10.2. The van der Waals surface area contributed by atoms with Crippen molar-refractivity contribution in [2.75, 3.05) is 40.3 Å². The predicted molar refractivity (Wildman–Crippen MR) is 71.4 cm³/mol. The maximum absolute atomic E-state index is 10.7. The van der Waals surface area contributed by atoms with Gasteiger partial charge in [-0.2, -0.15) is 0 Å². The number of rotatable bonds is 11. The molecule has 0 saturated carbocycles. The summed E-state index contributed by atoms with van der Waals surface area (Å²) in [4.78, 5) is 14.9. The maximum Gasteiger partial charge on any atom is 0.317 e. The Bertz CT molecular complexity index is 196. The van der Waals surface area contributed by atoms with Crippen molar-refractivity contribution in [1.82, 2.24) is 9.80 Å². The van der Waals surface area contributed by atoms with Crippen LogP contribution in [0.2, 0.25) is 0 Å². The molecule has 0 aliphatic heterocycles. The quantitative estimate of drug-likeness (QED) is 0.564. The van der Waals surface area contributed by atoms with Crippen molar-refractivity contribution in [3.05, 3.63) is 0 Å². The molecule has 0 aliphatic carbocycles. The summed E-state index contributed by atoms with van der Waals surface area (Å²) in [7, 11) is 4.03. The smallest absolute Gasteiger partial charge is 0.317 e. The van der Waals surface area contributed by atoms with Gasteiger partial charge in [-0.05, 0) is 27.1 Å². The first-order valence-electron chi connectivity index (χ1n) is 6.65. The van der Waals surface area contributed by atoms with Crippen LogP contribution in [-0.4, -0.2) is 61.2 Å². The molecule has 0 aromatic rings. The number of likely N-dealkylation sites (N-methyl/N-ethyl adjacent to an activating group) is 1. The first-order valence-corrected chi connectivity index (χ1v) is 6.65. The number of aliphatic carboxylic acids is 1. The lowest BCUT2D eigenvalue weighted by atomic mass is 10.1. The lowest BCUT2D eigenvalue weighted by molar-refractivity contribution is -0.138. The molecular weight excluding hydrogens is 216 g/mol. The summed E-state index contributed by atoms with van der Waals surface area (Å²) in [5.74, 6) is -0.725. The number of unbranched alkanes of at least 4 members (excludes halogenated alkanes) is 4. The summed E-state index contributed by atoms with van der Waals surface area (Å²) < 4.78 is 0. The van der Waals surface area contributed by atoms with Gasteiger partial charge in [0, 0.05) is 13.1 Å². The monoisotopic (exact) mass is 244 g/mol. The minimum absolute atomic E-state index is 0.168. The Labute approximate surface area is 106 Å². The molecule has 4 heteroatoms. The number of nitrogens with zero attached hydrogens (tertiary/aromatic N) is 2. The van der Waals surface area contributed by atoms with Crippen LogP contribution in [0.25, 0.3) is 0 Å².